The Balaban J connectivity index is 2.55. The maximum absolute atomic E-state index is 5.13. The van der Waals surface area contributed by atoms with E-state index in [2.05, 4.69) is 9.97 Å². The molecule has 0 fully saturated rings. The van der Waals surface area contributed by atoms with Crippen LogP contribution in [0.2, 0.25) is 0 Å². The molecule has 0 unspecified atom stereocenters. The van der Waals surface area contributed by atoms with Crippen molar-refractivity contribution < 1.29 is 4.42 Å². The number of nitrogens with zero attached hydrogens (tertiary/aromatic N) is 1. The molecule has 0 saturated carbocycles. The lowest BCUT2D eigenvalue weighted by atomic mass is 10.4. The molecule has 0 amide bonds. The van der Waals surface area contributed by atoms with Crippen molar-refractivity contribution in [3.05, 3.63) is 35.3 Å². The van der Waals surface area contributed by atoms with Crippen LogP contribution in [0.5, 0.6) is 0 Å². The van der Waals surface area contributed by atoms with Crippen LogP contribution >= 0.6 is 12.2 Å². The molecule has 1 N–H and O–H groups in total. The van der Waals surface area contributed by atoms with Crippen molar-refractivity contribution >= 4 is 12.2 Å². The molecular weight excluding hydrogens is 172 g/mol. The maximum Gasteiger partial charge on any atom is 0.174 e. The van der Waals surface area contributed by atoms with Gasteiger partial charge in [-0.05, 0) is 18.2 Å². The van der Waals surface area contributed by atoms with Crippen molar-refractivity contribution in [2.24, 2.45) is 0 Å². The Hall–Kier alpha value is -1.42. The number of aromatic nitrogens is 2. The molecule has 12 heavy (non-hydrogen) atoms. The molecule has 2 aromatic heterocycles. The first-order valence-electron chi connectivity index (χ1n) is 3.45. The molecule has 0 aliphatic heterocycles. The second kappa shape index (κ2) is 2.91. The molecule has 0 aliphatic rings. The number of hydrogen-bond donors (Lipinski definition) is 1. The van der Waals surface area contributed by atoms with Crippen LogP contribution in [0.1, 0.15) is 0 Å². The van der Waals surface area contributed by atoms with E-state index in [1.54, 1.807) is 24.6 Å². The van der Waals surface area contributed by atoms with E-state index < -0.39 is 0 Å². The van der Waals surface area contributed by atoms with Crippen LogP contribution in [0, 0.1) is 4.64 Å². The quantitative estimate of drug-likeness (QED) is 0.682. The van der Waals surface area contributed by atoms with E-state index >= 15 is 0 Å². The predicted molar refractivity (Wildman–Crippen MR) is 47.1 cm³/mol. The fraction of sp³-hybridized carbons (Fsp3) is 0. The van der Waals surface area contributed by atoms with E-state index in [1.807, 2.05) is 6.07 Å². The standard InChI is InChI=1S/C8H6N2OS/c12-7-3-4-9-8(10-7)6-2-1-5-11-6/h1-5H,(H,9,10,12). The van der Waals surface area contributed by atoms with E-state index in [1.165, 1.54) is 0 Å². The minimum absolute atomic E-state index is 0.649. The summed E-state index contributed by atoms with van der Waals surface area (Å²) in [6, 6.07) is 5.36. The van der Waals surface area contributed by atoms with Gasteiger partial charge in [-0.1, -0.05) is 12.2 Å². The van der Waals surface area contributed by atoms with Gasteiger partial charge in [0.2, 0.25) is 0 Å². The van der Waals surface area contributed by atoms with Crippen molar-refractivity contribution in [3.8, 4) is 11.6 Å². The summed E-state index contributed by atoms with van der Waals surface area (Å²) in [6.07, 6.45) is 3.25. The minimum Gasteiger partial charge on any atom is -0.461 e. The number of nitrogens with one attached hydrogen (secondary N) is 1. The van der Waals surface area contributed by atoms with Gasteiger partial charge in [0, 0.05) is 6.20 Å². The molecule has 2 rings (SSSR count). The molecule has 0 aromatic carbocycles. The molecule has 0 aliphatic carbocycles. The molecular formula is C8H6N2OS. The SMILES string of the molecule is S=c1ccnc(-c2ccco2)[nH]1. The van der Waals surface area contributed by atoms with Gasteiger partial charge >= 0.3 is 0 Å². The third-order valence-electron chi connectivity index (χ3n) is 1.43. The predicted octanol–water partition coefficient (Wildman–Crippen LogP) is 2.40. The lowest BCUT2D eigenvalue weighted by Gasteiger charge is -1.93. The zero-order valence-corrected chi connectivity index (χ0v) is 6.97. The summed E-state index contributed by atoms with van der Waals surface area (Å²) >= 11 is 4.94. The van der Waals surface area contributed by atoms with Crippen LogP contribution in [0.3, 0.4) is 0 Å². The summed E-state index contributed by atoms with van der Waals surface area (Å²) in [6.45, 7) is 0. The minimum atomic E-state index is 0.649. The highest BCUT2D eigenvalue weighted by Crippen LogP contribution is 2.13. The summed E-state index contributed by atoms with van der Waals surface area (Å²) in [7, 11) is 0. The third kappa shape index (κ3) is 1.29. The Bertz CT molecular complexity index is 419. The first-order valence-corrected chi connectivity index (χ1v) is 3.86. The van der Waals surface area contributed by atoms with Crippen molar-refractivity contribution in [3.63, 3.8) is 0 Å². The maximum atomic E-state index is 5.13. The van der Waals surface area contributed by atoms with Crippen molar-refractivity contribution in [2.45, 2.75) is 0 Å². The van der Waals surface area contributed by atoms with Crippen LogP contribution in [0.4, 0.5) is 0 Å². The Morgan fingerprint density at radius 2 is 2.33 bits per heavy atom. The number of hydrogen-bond acceptors (Lipinski definition) is 3. The molecule has 3 nitrogen and oxygen atoms in total. The van der Waals surface area contributed by atoms with Gasteiger partial charge in [0.1, 0.15) is 4.64 Å². The zero-order valence-electron chi connectivity index (χ0n) is 6.15. The van der Waals surface area contributed by atoms with Gasteiger partial charge in [0.25, 0.3) is 0 Å². The Morgan fingerprint density at radius 1 is 1.42 bits per heavy atom. The molecule has 2 heterocycles. The normalized spacial score (nSPS) is 10.0. The average Bonchev–Trinajstić information content (AvgIpc) is 2.56. The molecule has 0 bridgehead atoms. The van der Waals surface area contributed by atoms with Gasteiger partial charge < -0.3 is 9.40 Å². The van der Waals surface area contributed by atoms with E-state index in [4.69, 9.17) is 16.6 Å². The highest BCUT2D eigenvalue weighted by atomic mass is 32.1. The molecule has 2 aromatic rings. The van der Waals surface area contributed by atoms with Crippen LogP contribution in [0.15, 0.2) is 35.1 Å². The Kier molecular flexibility index (Phi) is 1.75. The number of furan rings is 1. The summed E-state index contributed by atoms with van der Waals surface area (Å²) in [5.74, 6) is 1.36. The van der Waals surface area contributed by atoms with Crippen LogP contribution in [-0.2, 0) is 0 Å². The van der Waals surface area contributed by atoms with E-state index in [9.17, 15) is 0 Å². The monoisotopic (exact) mass is 178 g/mol. The first-order chi connectivity index (χ1) is 5.86. The Morgan fingerprint density at radius 3 is 3.00 bits per heavy atom. The first kappa shape index (κ1) is 7.24. The second-order valence-corrected chi connectivity index (χ2v) is 2.70. The average molecular weight is 178 g/mol. The van der Waals surface area contributed by atoms with Crippen molar-refractivity contribution in [1.82, 2.24) is 9.97 Å². The molecule has 0 spiro atoms. The van der Waals surface area contributed by atoms with E-state index in [0.717, 1.165) is 0 Å². The van der Waals surface area contributed by atoms with Crippen molar-refractivity contribution in [2.75, 3.05) is 0 Å². The second-order valence-electron chi connectivity index (χ2n) is 2.26. The van der Waals surface area contributed by atoms with Gasteiger partial charge in [-0.3, -0.25) is 0 Å². The fourth-order valence-corrected chi connectivity index (χ4v) is 1.07. The fourth-order valence-electron chi connectivity index (χ4n) is 0.909. The van der Waals surface area contributed by atoms with Crippen LogP contribution < -0.4 is 0 Å². The van der Waals surface area contributed by atoms with Gasteiger partial charge in [-0.25, -0.2) is 4.98 Å². The van der Waals surface area contributed by atoms with Gasteiger partial charge in [-0.2, -0.15) is 0 Å². The van der Waals surface area contributed by atoms with Gasteiger partial charge in [0.05, 0.1) is 6.26 Å². The van der Waals surface area contributed by atoms with Gasteiger partial charge in [0.15, 0.2) is 11.6 Å². The molecule has 0 radical (unpaired) electrons. The Labute approximate surface area is 74.1 Å². The van der Waals surface area contributed by atoms with Crippen LogP contribution in [-0.4, -0.2) is 9.97 Å². The molecule has 4 heteroatoms. The lowest BCUT2D eigenvalue weighted by Crippen LogP contribution is -1.85. The van der Waals surface area contributed by atoms with Gasteiger partial charge in [-0.15, -0.1) is 0 Å². The lowest BCUT2D eigenvalue weighted by molar-refractivity contribution is 0.577. The summed E-state index contributed by atoms with van der Waals surface area (Å²) in [5, 5.41) is 0. The topological polar surface area (TPSA) is 41.8 Å². The van der Waals surface area contributed by atoms with Crippen LogP contribution in [0.25, 0.3) is 11.6 Å². The van der Waals surface area contributed by atoms with Crippen molar-refractivity contribution in [1.29, 1.82) is 0 Å². The number of aromatic amines is 1. The largest absolute Gasteiger partial charge is 0.461 e. The number of rotatable bonds is 1. The van der Waals surface area contributed by atoms with E-state index in [-0.39, 0.29) is 0 Å². The highest BCUT2D eigenvalue weighted by Gasteiger charge is 1.99. The molecule has 60 valence electrons. The highest BCUT2D eigenvalue weighted by molar-refractivity contribution is 7.71. The zero-order chi connectivity index (χ0) is 8.39. The smallest absolute Gasteiger partial charge is 0.174 e. The number of H-pyrrole nitrogens is 1. The summed E-state index contributed by atoms with van der Waals surface area (Å²) in [4.78, 5) is 6.99. The van der Waals surface area contributed by atoms with E-state index in [0.29, 0.717) is 16.2 Å². The molecule has 0 saturated heterocycles. The molecule has 0 atom stereocenters. The third-order valence-corrected chi connectivity index (χ3v) is 1.66. The summed E-state index contributed by atoms with van der Waals surface area (Å²) < 4.78 is 5.78. The summed E-state index contributed by atoms with van der Waals surface area (Å²) in [5.41, 5.74) is 0.